The summed E-state index contributed by atoms with van der Waals surface area (Å²) in [6.07, 6.45) is 0. The quantitative estimate of drug-likeness (QED) is 0.391. The van der Waals surface area contributed by atoms with Crippen LogP contribution in [0.1, 0.15) is 13.8 Å². The molecule has 0 amide bonds. The molecule has 12 heavy (non-hydrogen) atoms. The Hall–Kier alpha value is -0.640. The Morgan fingerprint density at radius 2 is 2.08 bits per heavy atom. The molecule has 6 heteroatoms. The van der Waals surface area contributed by atoms with E-state index in [1.807, 2.05) is 0 Å². The van der Waals surface area contributed by atoms with Crippen LogP contribution in [0.25, 0.3) is 0 Å². The zero-order valence-electron chi connectivity index (χ0n) is 6.85. The van der Waals surface area contributed by atoms with Crippen LogP contribution in [0.2, 0.25) is 0 Å². The molecule has 0 saturated heterocycles. The predicted octanol–water partition coefficient (Wildman–Crippen LogP) is 0.631. The zero-order chi connectivity index (χ0) is 9.78. The van der Waals surface area contributed by atoms with Crippen LogP contribution in [-0.2, 0) is 14.1 Å². The van der Waals surface area contributed by atoms with Gasteiger partial charge in [0.2, 0.25) is 0 Å². The third-order valence-electron chi connectivity index (χ3n) is 0.959. The van der Waals surface area contributed by atoms with Crippen molar-refractivity contribution in [2.24, 2.45) is 0 Å². The summed E-state index contributed by atoms with van der Waals surface area (Å²) in [7, 11) is -4.26. The lowest BCUT2D eigenvalue weighted by Crippen LogP contribution is -2.04. The van der Waals surface area contributed by atoms with E-state index in [9.17, 15) is 9.36 Å². The fraction of sp³-hybridized carbons (Fsp3) is 0.500. The van der Waals surface area contributed by atoms with Crippen molar-refractivity contribution in [2.45, 2.75) is 13.8 Å². The summed E-state index contributed by atoms with van der Waals surface area (Å²) in [5.74, 6) is -0.119. The lowest BCUT2D eigenvalue weighted by molar-refractivity contribution is -0.138. The third-order valence-corrected chi connectivity index (χ3v) is 1.68. The molecule has 0 aromatic carbocycles. The van der Waals surface area contributed by atoms with Gasteiger partial charge in [0.15, 0.2) is 0 Å². The van der Waals surface area contributed by atoms with Crippen LogP contribution in [0, 0.1) is 0 Å². The first-order valence-electron chi connectivity index (χ1n) is 3.28. The average molecular weight is 194 g/mol. The van der Waals surface area contributed by atoms with Crippen LogP contribution in [0.4, 0.5) is 0 Å². The Morgan fingerprint density at radius 1 is 1.58 bits per heavy atom. The van der Waals surface area contributed by atoms with Crippen molar-refractivity contribution in [3.8, 4) is 0 Å². The summed E-state index contributed by atoms with van der Waals surface area (Å²) in [5, 5.41) is 0. The number of hydrogen-bond donors (Lipinski definition) is 2. The molecule has 70 valence electrons. The maximum Gasteiger partial charge on any atom is 0.349 e. The van der Waals surface area contributed by atoms with Gasteiger partial charge < -0.3 is 14.5 Å². The second-order valence-electron chi connectivity index (χ2n) is 2.12. The van der Waals surface area contributed by atoms with Crippen LogP contribution >= 0.6 is 7.60 Å². The van der Waals surface area contributed by atoms with Gasteiger partial charge >= 0.3 is 13.6 Å². The van der Waals surface area contributed by atoms with E-state index < -0.39 is 13.6 Å². The molecule has 0 aliphatic heterocycles. The Labute approximate surface area is 70.2 Å². The van der Waals surface area contributed by atoms with Gasteiger partial charge in [-0.05, 0) is 13.8 Å². The van der Waals surface area contributed by atoms with Crippen molar-refractivity contribution in [1.82, 2.24) is 0 Å². The highest BCUT2D eigenvalue weighted by Gasteiger charge is 2.13. The number of ether oxygens (including phenoxy) is 1. The molecular formula is C6H11O5P. The molecule has 2 N–H and O–H groups in total. The molecule has 0 spiro atoms. The summed E-state index contributed by atoms with van der Waals surface area (Å²) in [4.78, 5) is 27.7. The highest BCUT2D eigenvalue weighted by atomic mass is 31.2. The number of carbonyl (C=O) groups excluding carboxylic acids is 1. The maximum atomic E-state index is 10.8. The molecule has 0 radical (unpaired) electrons. The average Bonchev–Trinajstić information content (AvgIpc) is 1.84. The molecule has 0 bridgehead atoms. The summed E-state index contributed by atoms with van der Waals surface area (Å²) in [5.41, 5.74) is -0.0785. The molecule has 0 aliphatic carbocycles. The molecule has 0 saturated carbocycles. The summed E-state index contributed by atoms with van der Waals surface area (Å²) >= 11 is 0. The van der Waals surface area contributed by atoms with Gasteiger partial charge in [-0.15, -0.1) is 0 Å². The summed E-state index contributed by atoms with van der Waals surface area (Å²) in [6.45, 7) is 3.09. The molecule has 5 nitrogen and oxygen atoms in total. The number of rotatable bonds is 3. The first-order valence-corrected chi connectivity index (χ1v) is 4.97. The summed E-state index contributed by atoms with van der Waals surface area (Å²) in [6, 6.07) is 0. The second-order valence-corrected chi connectivity index (χ2v) is 3.56. The van der Waals surface area contributed by atoms with Gasteiger partial charge in [0.25, 0.3) is 0 Å². The number of hydrogen-bond acceptors (Lipinski definition) is 3. The van der Waals surface area contributed by atoms with Crippen molar-refractivity contribution >= 4 is 13.6 Å². The van der Waals surface area contributed by atoms with E-state index in [1.54, 1.807) is 6.92 Å². The minimum atomic E-state index is -4.26. The molecule has 0 aromatic heterocycles. The maximum absolute atomic E-state index is 10.8. The Bertz CT molecular complexity index is 238. The second kappa shape index (κ2) is 4.40. The van der Waals surface area contributed by atoms with Gasteiger partial charge in [-0.1, -0.05) is 0 Å². The number of esters is 1. The van der Waals surface area contributed by atoms with Gasteiger partial charge in [-0.3, -0.25) is 4.57 Å². The van der Waals surface area contributed by atoms with E-state index in [2.05, 4.69) is 4.74 Å². The molecule has 0 atom stereocenters. The van der Waals surface area contributed by atoms with Crippen molar-refractivity contribution in [1.29, 1.82) is 0 Å². The van der Waals surface area contributed by atoms with E-state index in [1.165, 1.54) is 6.92 Å². The van der Waals surface area contributed by atoms with E-state index in [-0.39, 0.29) is 12.2 Å². The minimum absolute atomic E-state index is 0.0785. The van der Waals surface area contributed by atoms with E-state index >= 15 is 0 Å². The van der Waals surface area contributed by atoms with Crippen molar-refractivity contribution in [2.75, 3.05) is 6.61 Å². The SMILES string of the molecule is CCOC(=O)C(C)=CP(=O)(O)O. The molecular weight excluding hydrogens is 183 g/mol. The third kappa shape index (κ3) is 5.07. The fourth-order valence-electron chi connectivity index (χ4n) is 0.550. The Morgan fingerprint density at radius 3 is 2.42 bits per heavy atom. The number of carbonyl (C=O) groups is 1. The highest BCUT2D eigenvalue weighted by molar-refractivity contribution is 7.55. The zero-order valence-corrected chi connectivity index (χ0v) is 7.75. The first-order chi connectivity index (χ1) is 5.37. The molecule has 0 aromatic rings. The lowest BCUT2D eigenvalue weighted by Gasteiger charge is -2.01. The Kier molecular flexibility index (Phi) is 4.17. The predicted molar refractivity (Wildman–Crippen MR) is 42.4 cm³/mol. The normalized spacial score (nSPS) is 12.8. The Balaban J connectivity index is 4.38. The van der Waals surface area contributed by atoms with E-state index in [0.29, 0.717) is 5.82 Å². The standard InChI is InChI=1S/C6H11O5P/c1-3-11-6(7)5(2)4-12(8,9)10/h4H,3H2,1-2H3,(H2,8,9,10). The fourth-order valence-corrected chi connectivity index (χ4v) is 1.16. The minimum Gasteiger partial charge on any atom is -0.463 e. The summed E-state index contributed by atoms with van der Waals surface area (Å²) < 4.78 is 14.9. The van der Waals surface area contributed by atoms with Crippen LogP contribution in [-0.4, -0.2) is 22.4 Å². The smallest absolute Gasteiger partial charge is 0.349 e. The van der Waals surface area contributed by atoms with Crippen LogP contribution in [0.15, 0.2) is 11.4 Å². The molecule has 0 rings (SSSR count). The van der Waals surface area contributed by atoms with Crippen LogP contribution in [0.3, 0.4) is 0 Å². The van der Waals surface area contributed by atoms with E-state index in [0.717, 1.165) is 0 Å². The first kappa shape index (κ1) is 11.4. The van der Waals surface area contributed by atoms with Gasteiger partial charge in [-0.25, -0.2) is 4.79 Å². The molecule has 0 heterocycles. The van der Waals surface area contributed by atoms with E-state index in [4.69, 9.17) is 9.79 Å². The van der Waals surface area contributed by atoms with Crippen molar-refractivity contribution < 1.29 is 23.9 Å². The van der Waals surface area contributed by atoms with Gasteiger partial charge in [0, 0.05) is 11.4 Å². The highest BCUT2D eigenvalue weighted by Crippen LogP contribution is 2.37. The molecule has 0 aliphatic rings. The van der Waals surface area contributed by atoms with Gasteiger partial charge in [0.05, 0.1) is 6.61 Å². The lowest BCUT2D eigenvalue weighted by atomic mass is 10.4. The molecule has 0 unspecified atom stereocenters. The van der Waals surface area contributed by atoms with Crippen LogP contribution in [0.5, 0.6) is 0 Å². The van der Waals surface area contributed by atoms with Crippen molar-refractivity contribution in [3.05, 3.63) is 11.4 Å². The molecule has 0 fully saturated rings. The topological polar surface area (TPSA) is 83.8 Å². The largest absolute Gasteiger partial charge is 0.463 e. The van der Waals surface area contributed by atoms with Crippen molar-refractivity contribution in [3.63, 3.8) is 0 Å². The van der Waals surface area contributed by atoms with Gasteiger partial charge in [-0.2, -0.15) is 0 Å². The van der Waals surface area contributed by atoms with Gasteiger partial charge in [0.1, 0.15) is 0 Å². The van der Waals surface area contributed by atoms with Crippen LogP contribution < -0.4 is 0 Å². The monoisotopic (exact) mass is 194 g/mol.